The van der Waals surface area contributed by atoms with E-state index in [1.54, 1.807) is 12.1 Å². The molecule has 0 unspecified atom stereocenters. The number of rotatable bonds is 3. The Balaban J connectivity index is 2.67. The van der Waals surface area contributed by atoms with Crippen LogP contribution >= 0.6 is 0 Å². The van der Waals surface area contributed by atoms with Gasteiger partial charge in [-0.2, -0.15) is 0 Å². The highest BCUT2D eigenvalue weighted by Crippen LogP contribution is 2.53. The molecule has 2 nitrogen and oxygen atoms in total. The molecule has 0 saturated carbocycles. The Morgan fingerprint density at radius 3 is 1.21 bits per heavy atom. The van der Waals surface area contributed by atoms with Crippen LogP contribution in [-0.4, -0.2) is 10.2 Å². The zero-order valence-electron chi connectivity index (χ0n) is 15.7. The highest BCUT2D eigenvalue weighted by molar-refractivity contribution is 5.38. The highest BCUT2D eigenvalue weighted by atomic mass is 16.3. The number of benzene rings is 2. The van der Waals surface area contributed by atoms with E-state index in [2.05, 4.69) is 53.7 Å². The van der Waals surface area contributed by atoms with Gasteiger partial charge in [0.25, 0.3) is 0 Å². The van der Waals surface area contributed by atoms with E-state index in [-0.39, 0.29) is 22.7 Å². The fourth-order valence-corrected chi connectivity index (χ4v) is 3.82. The van der Waals surface area contributed by atoms with Crippen LogP contribution in [0.15, 0.2) is 48.5 Å². The normalized spacial score (nSPS) is 15.1. The van der Waals surface area contributed by atoms with E-state index in [4.69, 9.17) is 0 Å². The molecule has 0 fully saturated rings. The largest absolute Gasteiger partial charge is 0.508 e. The number of phenolic OH excluding ortho intramolecular Hbond substituents is 2. The second-order valence-electron chi connectivity index (χ2n) is 8.88. The van der Waals surface area contributed by atoms with Gasteiger partial charge in [0.1, 0.15) is 11.5 Å². The standard InChI is InChI=1S/C22H30O2/c1-21(2,3)19(15-9-7-11-17(23)13-15)20(22(4,5)6)16-10-8-12-18(24)14-16/h7-14,19-20,23-24H,1-6H3/t19-,20+. The Labute approximate surface area is 146 Å². The fourth-order valence-electron chi connectivity index (χ4n) is 3.82. The lowest BCUT2D eigenvalue weighted by Crippen LogP contribution is -2.32. The molecule has 24 heavy (non-hydrogen) atoms. The van der Waals surface area contributed by atoms with Gasteiger partial charge in [-0.15, -0.1) is 0 Å². The van der Waals surface area contributed by atoms with Crippen molar-refractivity contribution in [2.24, 2.45) is 10.8 Å². The van der Waals surface area contributed by atoms with Crippen molar-refractivity contribution in [2.75, 3.05) is 0 Å². The molecule has 0 aromatic heterocycles. The third-order valence-electron chi connectivity index (χ3n) is 4.66. The van der Waals surface area contributed by atoms with Gasteiger partial charge >= 0.3 is 0 Å². The highest BCUT2D eigenvalue weighted by Gasteiger charge is 2.40. The summed E-state index contributed by atoms with van der Waals surface area (Å²) in [6, 6.07) is 15.2. The van der Waals surface area contributed by atoms with Gasteiger partial charge in [-0.1, -0.05) is 65.8 Å². The molecule has 0 aliphatic rings. The summed E-state index contributed by atoms with van der Waals surface area (Å²) in [4.78, 5) is 0. The maximum absolute atomic E-state index is 9.99. The Bertz CT molecular complexity index is 628. The molecular weight excluding hydrogens is 296 g/mol. The van der Waals surface area contributed by atoms with Crippen molar-refractivity contribution in [3.63, 3.8) is 0 Å². The Morgan fingerprint density at radius 2 is 0.958 bits per heavy atom. The first-order valence-corrected chi connectivity index (χ1v) is 8.58. The lowest BCUT2D eigenvalue weighted by molar-refractivity contribution is 0.186. The molecule has 0 spiro atoms. The molecule has 2 aromatic carbocycles. The summed E-state index contributed by atoms with van der Waals surface area (Å²) in [6.45, 7) is 13.4. The first-order chi connectivity index (χ1) is 11.0. The van der Waals surface area contributed by atoms with Crippen molar-refractivity contribution < 1.29 is 10.2 Å². The summed E-state index contributed by atoms with van der Waals surface area (Å²) < 4.78 is 0. The van der Waals surface area contributed by atoms with Crippen LogP contribution in [-0.2, 0) is 0 Å². The Kier molecular flexibility index (Phi) is 4.98. The minimum absolute atomic E-state index is 0.00278. The molecule has 0 bridgehead atoms. The molecular formula is C22H30O2. The van der Waals surface area contributed by atoms with E-state index >= 15 is 0 Å². The van der Waals surface area contributed by atoms with Crippen molar-refractivity contribution in [1.29, 1.82) is 0 Å². The van der Waals surface area contributed by atoms with Gasteiger partial charge in [-0.25, -0.2) is 0 Å². The van der Waals surface area contributed by atoms with Crippen molar-refractivity contribution in [1.82, 2.24) is 0 Å². The van der Waals surface area contributed by atoms with Crippen molar-refractivity contribution >= 4 is 0 Å². The number of hydrogen-bond donors (Lipinski definition) is 2. The number of phenols is 2. The SMILES string of the molecule is CC(C)(C)[C@H](c1cccc(O)c1)[C@H](c1cccc(O)c1)C(C)(C)C. The molecule has 0 aliphatic heterocycles. The number of hydrogen-bond acceptors (Lipinski definition) is 2. The van der Waals surface area contributed by atoms with Crippen molar-refractivity contribution in [3.8, 4) is 11.5 Å². The van der Waals surface area contributed by atoms with Crippen LogP contribution in [0.3, 0.4) is 0 Å². The van der Waals surface area contributed by atoms with Gasteiger partial charge < -0.3 is 10.2 Å². The van der Waals surface area contributed by atoms with Crippen LogP contribution in [0.1, 0.15) is 64.5 Å². The minimum Gasteiger partial charge on any atom is -0.508 e. The van der Waals surface area contributed by atoms with E-state index in [0.29, 0.717) is 11.5 Å². The average Bonchev–Trinajstić information content (AvgIpc) is 2.41. The third kappa shape index (κ3) is 4.11. The summed E-state index contributed by atoms with van der Waals surface area (Å²) >= 11 is 0. The molecule has 2 aromatic rings. The van der Waals surface area contributed by atoms with E-state index in [0.717, 1.165) is 11.1 Å². The predicted octanol–water partition coefficient (Wildman–Crippen LogP) is 6.06. The van der Waals surface area contributed by atoms with Gasteiger partial charge in [-0.05, 0) is 58.1 Å². The molecule has 0 heterocycles. The molecule has 130 valence electrons. The lowest BCUT2D eigenvalue weighted by atomic mass is 9.60. The van der Waals surface area contributed by atoms with Crippen LogP contribution in [0.5, 0.6) is 11.5 Å². The molecule has 2 N–H and O–H groups in total. The van der Waals surface area contributed by atoms with Crippen LogP contribution < -0.4 is 0 Å². The summed E-state index contributed by atoms with van der Waals surface area (Å²) in [5, 5.41) is 20.0. The van der Waals surface area contributed by atoms with Crippen LogP contribution in [0.2, 0.25) is 0 Å². The quantitative estimate of drug-likeness (QED) is 0.720. The zero-order valence-corrected chi connectivity index (χ0v) is 15.7. The summed E-state index contributed by atoms with van der Waals surface area (Å²) in [5.74, 6) is 0.994. The molecule has 0 aliphatic carbocycles. The van der Waals surface area contributed by atoms with Crippen LogP contribution in [0.4, 0.5) is 0 Å². The monoisotopic (exact) mass is 326 g/mol. The van der Waals surface area contributed by atoms with Crippen molar-refractivity contribution in [3.05, 3.63) is 59.7 Å². The smallest absolute Gasteiger partial charge is 0.115 e. The molecule has 2 atom stereocenters. The third-order valence-corrected chi connectivity index (χ3v) is 4.66. The van der Waals surface area contributed by atoms with Gasteiger partial charge in [0.15, 0.2) is 0 Å². The van der Waals surface area contributed by atoms with Gasteiger partial charge in [-0.3, -0.25) is 0 Å². The number of aromatic hydroxyl groups is 2. The maximum Gasteiger partial charge on any atom is 0.115 e. The molecule has 0 amide bonds. The van der Waals surface area contributed by atoms with Crippen LogP contribution in [0.25, 0.3) is 0 Å². The summed E-state index contributed by atoms with van der Waals surface area (Å²) in [6.07, 6.45) is 0. The summed E-state index contributed by atoms with van der Waals surface area (Å²) in [7, 11) is 0. The molecule has 0 saturated heterocycles. The Hall–Kier alpha value is -1.96. The Morgan fingerprint density at radius 1 is 0.625 bits per heavy atom. The second kappa shape index (κ2) is 6.51. The van der Waals surface area contributed by atoms with Gasteiger partial charge in [0.2, 0.25) is 0 Å². The zero-order chi connectivity index (χ0) is 18.1. The average molecular weight is 326 g/mol. The first kappa shape index (κ1) is 18.4. The lowest BCUT2D eigenvalue weighted by Gasteiger charge is -2.44. The predicted molar refractivity (Wildman–Crippen MR) is 101 cm³/mol. The second-order valence-corrected chi connectivity index (χ2v) is 8.88. The fraction of sp³-hybridized carbons (Fsp3) is 0.455. The minimum atomic E-state index is -0.00278. The van der Waals surface area contributed by atoms with Gasteiger partial charge in [0, 0.05) is 0 Å². The van der Waals surface area contributed by atoms with E-state index in [1.165, 1.54) is 0 Å². The maximum atomic E-state index is 9.99. The molecule has 0 radical (unpaired) electrons. The van der Waals surface area contributed by atoms with E-state index in [9.17, 15) is 10.2 Å². The molecule has 2 heteroatoms. The van der Waals surface area contributed by atoms with Gasteiger partial charge in [0.05, 0.1) is 0 Å². The van der Waals surface area contributed by atoms with Crippen LogP contribution in [0, 0.1) is 10.8 Å². The first-order valence-electron chi connectivity index (χ1n) is 8.58. The topological polar surface area (TPSA) is 40.5 Å². The molecule has 2 rings (SSSR count). The van der Waals surface area contributed by atoms with Crippen molar-refractivity contribution in [2.45, 2.75) is 53.4 Å². The van der Waals surface area contributed by atoms with E-state index < -0.39 is 0 Å². The van der Waals surface area contributed by atoms with E-state index in [1.807, 2.05) is 24.3 Å². The summed E-state index contributed by atoms with van der Waals surface area (Å²) in [5.41, 5.74) is 2.26.